The Kier molecular flexibility index (Phi) is 5.18. The summed E-state index contributed by atoms with van der Waals surface area (Å²) in [7, 11) is 0. The third-order valence-corrected chi connectivity index (χ3v) is 4.75. The average molecular weight is 359 g/mol. The largest absolute Gasteiger partial charge is 0.361 e. The second-order valence-corrected chi connectivity index (χ2v) is 6.91. The second kappa shape index (κ2) is 7.52. The van der Waals surface area contributed by atoms with Crippen LogP contribution >= 0.6 is 11.8 Å². The molecule has 2 N–H and O–H groups in total. The molecule has 1 aromatic heterocycles. The van der Waals surface area contributed by atoms with Crippen LogP contribution in [0, 0.1) is 6.92 Å². The van der Waals surface area contributed by atoms with Gasteiger partial charge < -0.3 is 9.84 Å². The van der Waals surface area contributed by atoms with Crippen LogP contribution in [0.5, 0.6) is 0 Å². The van der Waals surface area contributed by atoms with Gasteiger partial charge in [0.15, 0.2) is 5.69 Å². The Hall–Kier alpha value is -2.61. The van der Waals surface area contributed by atoms with E-state index in [0.29, 0.717) is 25.1 Å². The zero-order valence-corrected chi connectivity index (χ0v) is 14.4. The first-order chi connectivity index (χ1) is 12.0. The van der Waals surface area contributed by atoms with Crippen molar-refractivity contribution in [1.82, 2.24) is 15.8 Å². The highest BCUT2D eigenvalue weighted by atomic mass is 32.2. The average Bonchev–Trinajstić information content (AvgIpc) is 3.14. The van der Waals surface area contributed by atoms with Gasteiger partial charge in [0, 0.05) is 12.6 Å². The maximum atomic E-state index is 11.9. The Bertz CT molecular complexity index is 800. The molecule has 1 aliphatic rings. The lowest BCUT2D eigenvalue weighted by Gasteiger charge is -2.07. The molecule has 1 aliphatic heterocycles. The van der Waals surface area contributed by atoms with E-state index in [4.69, 9.17) is 4.52 Å². The summed E-state index contributed by atoms with van der Waals surface area (Å²) >= 11 is 1.03. The first-order valence-corrected chi connectivity index (χ1v) is 8.70. The maximum Gasteiger partial charge on any atom is 0.286 e. The lowest BCUT2D eigenvalue weighted by molar-refractivity contribution is -0.118. The zero-order valence-electron chi connectivity index (χ0n) is 13.6. The predicted octanol–water partition coefficient (Wildman–Crippen LogP) is 1.85. The molecule has 1 aromatic carbocycles. The molecule has 1 saturated heterocycles. The Morgan fingerprint density at radius 1 is 1.28 bits per heavy atom. The van der Waals surface area contributed by atoms with Crippen LogP contribution in [0.15, 0.2) is 34.9 Å². The second-order valence-electron chi connectivity index (χ2n) is 5.73. The van der Waals surface area contributed by atoms with Crippen LogP contribution < -0.4 is 10.6 Å². The van der Waals surface area contributed by atoms with E-state index in [0.717, 1.165) is 22.9 Å². The molecule has 2 aromatic rings. The van der Waals surface area contributed by atoms with E-state index in [1.165, 1.54) is 0 Å². The van der Waals surface area contributed by atoms with Crippen molar-refractivity contribution in [3.8, 4) is 0 Å². The quantitative estimate of drug-likeness (QED) is 0.816. The van der Waals surface area contributed by atoms with Gasteiger partial charge in [-0.15, -0.1) is 0 Å². The fraction of sp³-hybridized carbons (Fsp3) is 0.294. The van der Waals surface area contributed by atoms with Gasteiger partial charge in [-0.3, -0.25) is 19.7 Å². The fourth-order valence-corrected chi connectivity index (χ4v) is 3.33. The third-order valence-electron chi connectivity index (χ3n) is 3.77. The highest BCUT2D eigenvalue weighted by molar-refractivity contribution is 8.15. The van der Waals surface area contributed by atoms with E-state index in [9.17, 15) is 14.4 Å². The molecule has 1 atom stereocenters. The molecule has 0 aliphatic carbocycles. The lowest BCUT2D eigenvalue weighted by atomic mass is 10.1. The van der Waals surface area contributed by atoms with Crippen LogP contribution in [0.4, 0.5) is 4.79 Å². The molecule has 0 radical (unpaired) electrons. The van der Waals surface area contributed by atoms with Crippen LogP contribution in [-0.4, -0.2) is 34.0 Å². The van der Waals surface area contributed by atoms with Crippen LogP contribution in [-0.2, 0) is 17.6 Å². The minimum atomic E-state index is -0.358. The molecule has 25 heavy (non-hydrogen) atoms. The number of imide groups is 1. The summed E-state index contributed by atoms with van der Waals surface area (Å²) in [6.45, 7) is 2.22. The molecule has 8 heteroatoms. The van der Waals surface area contributed by atoms with Crippen molar-refractivity contribution >= 4 is 28.8 Å². The fourth-order valence-electron chi connectivity index (χ4n) is 2.47. The van der Waals surface area contributed by atoms with Crippen molar-refractivity contribution in [2.75, 3.05) is 6.54 Å². The SMILES string of the molecule is Cc1cc(C(=O)NCCc2ccc(CC3SC(=O)NC3=O)cc2)no1. The number of nitrogens with zero attached hydrogens (tertiary/aromatic N) is 1. The van der Waals surface area contributed by atoms with Crippen LogP contribution in [0.3, 0.4) is 0 Å². The van der Waals surface area contributed by atoms with Gasteiger partial charge in [0.2, 0.25) is 5.91 Å². The number of hydrogen-bond donors (Lipinski definition) is 2. The molecule has 0 saturated carbocycles. The summed E-state index contributed by atoms with van der Waals surface area (Å²) in [5, 5.41) is 8.10. The maximum absolute atomic E-state index is 11.9. The molecular formula is C17H17N3O4S. The first kappa shape index (κ1) is 17.2. The standard InChI is InChI=1S/C17H17N3O4S/c1-10-8-13(20-24-10)15(21)18-7-6-11-2-4-12(5-3-11)9-14-16(22)19-17(23)25-14/h2-5,8,14H,6-7,9H2,1H3,(H,18,21)(H,19,22,23). The van der Waals surface area contributed by atoms with E-state index in [1.807, 2.05) is 24.3 Å². The van der Waals surface area contributed by atoms with Gasteiger partial charge in [-0.2, -0.15) is 0 Å². The van der Waals surface area contributed by atoms with E-state index in [1.54, 1.807) is 13.0 Å². The molecule has 3 amide bonds. The van der Waals surface area contributed by atoms with Gasteiger partial charge in [-0.1, -0.05) is 41.2 Å². The van der Waals surface area contributed by atoms with Crippen LogP contribution in [0.1, 0.15) is 27.4 Å². The minimum absolute atomic E-state index is 0.232. The predicted molar refractivity (Wildman–Crippen MR) is 92.3 cm³/mol. The third kappa shape index (κ3) is 4.48. The molecule has 130 valence electrons. The summed E-state index contributed by atoms with van der Waals surface area (Å²) < 4.78 is 4.87. The van der Waals surface area contributed by atoms with Crippen molar-refractivity contribution < 1.29 is 18.9 Å². The molecule has 2 heterocycles. The lowest BCUT2D eigenvalue weighted by Crippen LogP contribution is -2.26. The van der Waals surface area contributed by atoms with Gasteiger partial charge in [0.25, 0.3) is 11.1 Å². The minimum Gasteiger partial charge on any atom is -0.361 e. The van der Waals surface area contributed by atoms with Crippen molar-refractivity contribution in [1.29, 1.82) is 0 Å². The van der Waals surface area contributed by atoms with E-state index in [2.05, 4.69) is 15.8 Å². The van der Waals surface area contributed by atoms with Crippen molar-refractivity contribution in [3.63, 3.8) is 0 Å². The molecule has 0 bridgehead atoms. The number of nitrogens with one attached hydrogen (secondary N) is 2. The van der Waals surface area contributed by atoms with Gasteiger partial charge in [0.1, 0.15) is 5.76 Å². The molecule has 1 fully saturated rings. The Morgan fingerprint density at radius 3 is 2.60 bits per heavy atom. The number of benzene rings is 1. The highest BCUT2D eigenvalue weighted by Gasteiger charge is 2.31. The summed E-state index contributed by atoms with van der Waals surface area (Å²) in [6.07, 6.45) is 1.20. The van der Waals surface area contributed by atoms with Crippen molar-refractivity contribution in [2.45, 2.75) is 25.0 Å². The smallest absolute Gasteiger partial charge is 0.286 e. The van der Waals surface area contributed by atoms with Gasteiger partial charge in [0.05, 0.1) is 5.25 Å². The number of aromatic nitrogens is 1. The monoisotopic (exact) mass is 359 g/mol. The van der Waals surface area contributed by atoms with Crippen LogP contribution in [0.25, 0.3) is 0 Å². The first-order valence-electron chi connectivity index (χ1n) is 7.82. The number of aryl methyl sites for hydroxylation is 1. The highest BCUT2D eigenvalue weighted by Crippen LogP contribution is 2.23. The van der Waals surface area contributed by atoms with Crippen LogP contribution in [0.2, 0.25) is 0 Å². The van der Waals surface area contributed by atoms with Gasteiger partial charge >= 0.3 is 0 Å². The molecule has 7 nitrogen and oxygen atoms in total. The summed E-state index contributed by atoms with van der Waals surface area (Å²) in [5.74, 6) is 0.101. The summed E-state index contributed by atoms with van der Waals surface area (Å²) in [4.78, 5) is 34.6. The van der Waals surface area contributed by atoms with Crippen molar-refractivity contribution in [2.24, 2.45) is 0 Å². The number of thioether (sulfide) groups is 1. The zero-order chi connectivity index (χ0) is 17.8. The van der Waals surface area contributed by atoms with E-state index >= 15 is 0 Å². The van der Waals surface area contributed by atoms with E-state index < -0.39 is 0 Å². The van der Waals surface area contributed by atoms with Gasteiger partial charge in [-0.05, 0) is 30.9 Å². The molecule has 0 spiro atoms. The topological polar surface area (TPSA) is 101 Å². The summed E-state index contributed by atoms with van der Waals surface area (Å²) in [6, 6.07) is 9.39. The molecular weight excluding hydrogens is 342 g/mol. The number of carbonyl (C=O) groups is 3. The normalized spacial score (nSPS) is 16.8. The number of carbonyl (C=O) groups excluding carboxylic acids is 3. The molecule has 1 unspecified atom stereocenters. The van der Waals surface area contributed by atoms with Gasteiger partial charge in [-0.25, -0.2) is 0 Å². The Labute approximate surface area is 148 Å². The number of hydrogen-bond acceptors (Lipinski definition) is 6. The molecule has 3 rings (SSSR count). The number of amides is 3. The Morgan fingerprint density at radius 2 is 2.00 bits per heavy atom. The Balaban J connectivity index is 1.47. The van der Waals surface area contributed by atoms with Crippen molar-refractivity contribution in [3.05, 3.63) is 52.9 Å². The number of rotatable bonds is 6. The van der Waals surface area contributed by atoms with E-state index in [-0.39, 0.29) is 28.0 Å². The summed E-state index contributed by atoms with van der Waals surface area (Å²) in [5.41, 5.74) is 2.34.